The number of alkyl halides is 3. The first-order valence-corrected chi connectivity index (χ1v) is 11.3. The number of imidazole rings is 1. The molecule has 3 N–H and O–H groups in total. The standard InChI is InChI=1S/C26H23F3N6O3/c1-15-12-18(35-11-10-32-23(35)16-8-9-31-21(13-16)24(36)30-2)5-6-19(15)33-25(37)34-20-14-17(26(27,28)29)4-7-22(20)38-3/h4-14H,1-3H3,(H,30,36)(H2,33,34,37). The highest BCUT2D eigenvalue weighted by Crippen LogP contribution is 2.35. The number of anilines is 2. The van der Waals surface area contributed by atoms with E-state index in [0.717, 1.165) is 23.9 Å². The molecule has 4 rings (SSSR count). The summed E-state index contributed by atoms with van der Waals surface area (Å²) in [5, 5.41) is 7.60. The Kier molecular flexibility index (Phi) is 7.33. The number of hydrogen-bond acceptors (Lipinski definition) is 5. The summed E-state index contributed by atoms with van der Waals surface area (Å²) in [4.78, 5) is 33.1. The van der Waals surface area contributed by atoms with Gasteiger partial charge in [-0.1, -0.05) is 0 Å². The van der Waals surface area contributed by atoms with Crippen LogP contribution in [-0.4, -0.2) is 40.6 Å². The summed E-state index contributed by atoms with van der Waals surface area (Å²) >= 11 is 0. The van der Waals surface area contributed by atoms with E-state index in [0.29, 0.717) is 22.6 Å². The van der Waals surface area contributed by atoms with Gasteiger partial charge in [-0.05, 0) is 61.0 Å². The fourth-order valence-electron chi connectivity index (χ4n) is 3.74. The molecule has 0 unspecified atom stereocenters. The Hall–Kier alpha value is -4.87. The second-order valence-corrected chi connectivity index (χ2v) is 8.12. The van der Waals surface area contributed by atoms with Crippen LogP contribution in [-0.2, 0) is 6.18 Å². The molecule has 2 heterocycles. The summed E-state index contributed by atoms with van der Waals surface area (Å²) in [5.41, 5.74) is 1.77. The van der Waals surface area contributed by atoms with Gasteiger partial charge in [0, 0.05) is 42.6 Å². The summed E-state index contributed by atoms with van der Waals surface area (Å²) in [6.45, 7) is 1.77. The minimum absolute atomic E-state index is 0.0866. The fourth-order valence-corrected chi connectivity index (χ4v) is 3.74. The van der Waals surface area contributed by atoms with Crippen LogP contribution in [0, 0.1) is 6.92 Å². The second-order valence-electron chi connectivity index (χ2n) is 8.12. The number of rotatable bonds is 6. The number of aromatic nitrogens is 3. The third-order valence-electron chi connectivity index (χ3n) is 5.63. The highest BCUT2D eigenvalue weighted by molar-refractivity contribution is 6.01. The van der Waals surface area contributed by atoms with Gasteiger partial charge in [-0.3, -0.25) is 14.3 Å². The molecule has 2 aromatic carbocycles. The quantitative estimate of drug-likeness (QED) is 0.318. The molecule has 0 aliphatic heterocycles. The lowest BCUT2D eigenvalue weighted by molar-refractivity contribution is -0.137. The van der Waals surface area contributed by atoms with Gasteiger partial charge >= 0.3 is 12.2 Å². The van der Waals surface area contributed by atoms with Crippen molar-refractivity contribution in [2.45, 2.75) is 13.1 Å². The van der Waals surface area contributed by atoms with Crippen LogP contribution in [0.3, 0.4) is 0 Å². The minimum Gasteiger partial charge on any atom is -0.495 e. The molecular formula is C26H23F3N6O3. The summed E-state index contributed by atoms with van der Waals surface area (Å²) < 4.78 is 46.2. The zero-order valence-electron chi connectivity index (χ0n) is 20.6. The molecule has 0 fully saturated rings. The number of hydrogen-bond donors (Lipinski definition) is 3. The zero-order valence-corrected chi connectivity index (χ0v) is 20.6. The number of nitrogens with zero attached hydrogens (tertiary/aromatic N) is 3. The molecule has 0 atom stereocenters. The Bertz CT molecular complexity index is 1500. The lowest BCUT2D eigenvalue weighted by Gasteiger charge is -2.16. The molecule has 196 valence electrons. The van der Waals surface area contributed by atoms with Crippen LogP contribution in [0.5, 0.6) is 5.75 Å². The van der Waals surface area contributed by atoms with Gasteiger partial charge in [0.15, 0.2) is 0 Å². The molecule has 4 aromatic rings. The van der Waals surface area contributed by atoms with Crippen molar-refractivity contribution in [1.82, 2.24) is 19.9 Å². The Labute approximate surface area is 215 Å². The molecule has 3 amide bonds. The number of amides is 3. The highest BCUT2D eigenvalue weighted by Gasteiger charge is 2.31. The predicted molar refractivity (Wildman–Crippen MR) is 136 cm³/mol. The lowest BCUT2D eigenvalue weighted by Crippen LogP contribution is -2.21. The third-order valence-corrected chi connectivity index (χ3v) is 5.63. The SMILES string of the molecule is CNC(=O)c1cc(-c2nccn2-c2ccc(NC(=O)Nc3cc(C(F)(F)F)ccc3OC)c(C)c2)ccn1. The summed E-state index contributed by atoms with van der Waals surface area (Å²) in [7, 11) is 2.82. The Balaban J connectivity index is 1.55. The van der Waals surface area contributed by atoms with Crippen molar-refractivity contribution in [1.29, 1.82) is 0 Å². The minimum atomic E-state index is -4.57. The average molecular weight is 525 g/mol. The van der Waals surface area contributed by atoms with Gasteiger partial charge in [-0.25, -0.2) is 9.78 Å². The molecule has 2 aromatic heterocycles. The van der Waals surface area contributed by atoms with Gasteiger partial charge < -0.3 is 20.7 Å². The maximum absolute atomic E-state index is 13.1. The van der Waals surface area contributed by atoms with Crippen LogP contribution in [0.25, 0.3) is 17.1 Å². The zero-order chi connectivity index (χ0) is 27.4. The van der Waals surface area contributed by atoms with Gasteiger partial charge in [0.05, 0.1) is 18.4 Å². The van der Waals surface area contributed by atoms with Crippen LogP contribution < -0.4 is 20.7 Å². The monoisotopic (exact) mass is 524 g/mol. The van der Waals surface area contributed by atoms with Crippen LogP contribution in [0.2, 0.25) is 0 Å². The largest absolute Gasteiger partial charge is 0.495 e. The molecule has 0 saturated carbocycles. The normalized spacial score (nSPS) is 11.1. The van der Waals surface area contributed by atoms with Crippen molar-refractivity contribution < 1.29 is 27.5 Å². The Morgan fingerprint density at radius 3 is 2.39 bits per heavy atom. The molecular weight excluding hydrogens is 501 g/mol. The van der Waals surface area contributed by atoms with Gasteiger partial charge in [0.25, 0.3) is 5.91 Å². The predicted octanol–water partition coefficient (Wildman–Crippen LogP) is 5.27. The van der Waals surface area contributed by atoms with Crippen LogP contribution in [0.4, 0.5) is 29.3 Å². The topological polar surface area (TPSA) is 110 Å². The van der Waals surface area contributed by atoms with Crippen molar-refractivity contribution in [2.24, 2.45) is 0 Å². The van der Waals surface area contributed by atoms with E-state index in [2.05, 4.69) is 25.9 Å². The molecule has 12 heteroatoms. The number of pyridine rings is 1. The number of ether oxygens (including phenoxy) is 1. The molecule has 0 bridgehead atoms. The van der Waals surface area contributed by atoms with Gasteiger partial charge in [-0.2, -0.15) is 13.2 Å². The third kappa shape index (κ3) is 5.59. The number of halogens is 3. The van der Waals surface area contributed by atoms with E-state index in [1.54, 1.807) is 43.6 Å². The number of methoxy groups -OCH3 is 1. The van der Waals surface area contributed by atoms with Crippen molar-refractivity contribution in [3.8, 4) is 22.8 Å². The van der Waals surface area contributed by atoms with Crippen molar-refractivity contribution >= 4 is 23.3 Å². The summed E-state index contributed by atoms with van der Waals surface area (Å²) in [5.74, 6) is 0.341. The van der Waals surface area contributed by atoms with Crippen molar-refractivity contribution in [3.05, 3.63) is 83.9 Å². The number of carbonyl (C=O) groups is 2. The molecule has 0 aliphatic carbocycles. The van der Waals surface area contributed by atoms with Crippen molar-refractivity contribution in [2.75, 3.05) is 24.8 Å². The van der Waals surface area contributed by atoms with Crippen LogP contribution in [0.1, 0.15) is 21.6 Å². The van der Waals surface area contributed by atoms with E-state index < -0.39 is 17.8 Å². The molecule has 0 saturated heterocycles. The summed E-state index contributed by atoms with van der Waals surface area (Å²) in [6.07, 6.45) is 0.323. The number of urea groups is 1. The van der Waals surface area contributed by atoms with Gasteiger partial charge in [-0.15, -0.1) is 0 Å². The van der Waals surface area contributed by atoms with E-state index in [-0.39, 0.29) is 23.0 Å². The Morgan fingerprint density at radius 1 is 0.947 bits per heavy atom. The summed E-state index contributed by atoms with van der Waals surface area (Å²) in [6, 6.07) is 10.7. The number of carbonyl (C=O) groups excluding carboxylic acids is 2. The maximum Gasteiger partial charge on any atom is 0.416 e. The molecule has 0 spiro atoms. The number of nitrogens with one attached hydrogen (secondary N) is 3. The smallest absolute Gasteiger partial charge is 0.416 e. The molecule has 38 heavy (non-hydrogen) atoms. The first-order chi connectivity index (χ1) is 18.1. The first-order valence-electron chi connectivity index (χ1n) is 11.3. The average Bonchev–Trinajstić information content (AvgIpc) is 3.39. The van der Waals surface area contributed by atoms with Gasteiger partial charge in [0.2, 0.25) is 0 Å². The van der Waals surface area contributed by atoms with Crippen LogP contribution in [0.15, 0.2) is 67.1 Å². The first kappa shape index (κ1) is 26.2. The second kappa shape index (κ2) is 10.6. The van der Waals surface area contributed by atoms with E-state index in [9.17, 15) is 22.8 Å². The molecule has 0 radical (unpaired) electrons. The van der Waals surface area contributed by atoms with Crippen LogP contribution >= 0.6 is 0 Å². The maximum atomic E-state index is 13.1. The van der Waals surface area contributed by atoms with Crippen molar-refractivity contribution in [3.63, 3.8) is 0 Å². The van der Waals surface area contributed by atoms with E-state index >= 15 is 0 Å². The Morgan fingerprint density at radius 2 is 1.71 bits per heavy atom. The lowest BCUT2D eigenvalue weighted by atomic mass is 10.1. The number of benzene rings is 2. The van der Waals surface area contributed by atoms with E-state index in [4.69, 9.17) is 4.74 Å². The molecule has 0 aliphatic rings. The molecule has 9 nitrogen and oxygen atoms in total. The fraction of sp³-hybridized carbons (Fsp3) is 0.154. The number of aryl methyl sites for hydroxylation is 1. The van der Waals surface area contributed by atoms with E-state index in [1.807, 2.05) is 10.6 Å². The highest BCUT2D eigenvalue weighted by atomic mass is 19.4. The van der Waals surface area contributed by atoms with Gasteiger partial charge in [0.1, 0.15) is 17.3 Å². The van der Waals surface area contributed by atoms with E-state index in [1.165, 1.54) is 20.4 Å².